The van der Waals surface area contributed by atoms with Gasteiger partial charge < -0.3 is 14.1 Å². The van der Waals surface area contributed by atoms with Crippen molar-refractivity contribution in [3.63, 3.8) is 0 Å². The molecule has 8 nitrogen and oxygen atoms in total. The van der Waals surface area contributed by atoms with Gasteiger partial charge in [-0.3, -0.25) is 4.79 Å². The van der Waals surface area contributed by atoms with E-state index in [-0.39, 0.29) is 17.6 Å². The first-order valence-electron chi connectivity index (χ1n) is 9.48. The second kappa shape index (κ2) is 7.75. The molecule has 0 radical (unpaired) electrons. The van der Waals surface area contributed by atoms with Gasteiger partial charge in [0, 0.05) is 18.7 Å². The van der Waals surface area contributed by atoms with E-state index in [4.69, 9.17) is 9.15 Å². The van der Waals surface area contributed by atoms with Crippen LogP contribution in [0.5, 0.6) is 0 Å². The van der Waals surface area contributed by atoms with Crippen LogP contribution in [-0.2, 0) is 4.74 Å². The highest BCUT2D eigenvalue weighted by molar-refractivity contribution is 5.95. The minimum Gasteiger partial charge on any atom is -0.422 e. The van der Waals surface area contributed by atoms with Crippen molar-refractivity contribution in [3.8, 4) is 5.69 Å². The van der Waals surface area contributed by atoms with E-state index in [1.54, 1.807) is 30.2 Å². The standard InChI is InChI=1S/C20H22FN5O3/c1-12(2)18-22-23-19(29-18)17-11-25(7-8-28-17)20(27)16-10-26(24-13(16)3)15-6-4-5-14(21)9-15/h4-6,9-10,12,17H,7-8,11H2,1-3H3. The van der Waals surface area contributed by atoms with Crippen molar-refractivity contribution >= 4 is 5.91 Å². The number of rotatable bonds is 4. The van der Waals surface area contributed by atoms with E-state index in [0.717, 1.165) is 0 Å². The number of hydrogen-bond donors (Lipinski definition) is 0. The van der Waals surface area contributed by atoms with Gasteiger partial charge in [-0.1, -0.05) is 19.9 Å². The second-order valence-electron chi connectivity index (χ2n) is 7.30. The molecule has 3 heterocycles. The minimum atomic E-state index is -0.466. The van der Waals surface area contributed by atoms with Crippen LogP contribution in [0.2, 0.25) is 0 Å². The summed E-state index contributed by atoms with van der Waals surface area (Å²) in [5.41, 5.74) is 1.59. The zero-order valence-electron chi connectivity index (χ0n) is 16.5. The first kappa shape index (κ1) is 19.3. The molecule has 1 saturated heterocycles. The second-order valence-corrected chi connectivity index (χ2v) is 7.30. The number of halogens is 1. The third-order valence-electron chi connectivity index (χ3n) is 4.78. The summed E-state index contributed by atoms with van der Waals surface area (Å²) in [6.07, 6.45) is 1.16. The molecule has 1 atom stereocenters. The Morgan fingerprint density at radius 1 is 1.31 bits per heavy atom. The van der Waals surface area contributed by atoms with E-state index in [0.29, 0.717) is 48.4 Å². The predicted molar refractivity (Wildman–Crippen MR) is 101 cm³/mol. The summed E-state index contributed by atoms with van der Waals surface area (Å²) in [4.78, 5) is 14.8. The lowest BCUT2D eigenvalue weighted by Crippen LogP contribution is -2.42. The van der Waals surface area contributed by atoms with Crippen molar-refractivity contribution in [1.29, 1.82) is 0 Å². The van der Waals surface area contributed by atoms with Gasteiger partial charge in [-0.2, -0.15) is 5.10 Å². The SMILES string of the molecule is Cc1nn(-c2cccc(F)c2)cc1C(=O)N1CCOC(c2nnc(C(C)C)o2)C1. The van der Waals surface area contributed by atoms with Crippen LogP contribution in [0.25, 0.3) is 5.69 Å². The van der Waals surface area contributed by atoms with Gasteiger partial charge in [-0.25, -0.2) is 9.07 Å². The molecule has 9 heteroatoms. The molecule has 1 aliphatic heterocycles. The monoisotopic (exact) mass is 399 g/mol. The van der Waals surface area contributed by atoms with E-state index < -0.39 is 6.10 Å². The maximum Gasteiger partial charge on any atom is 0.257 e. The summed E-state index contributed by atoms with van der Waals surface area (Å²) in [5.74, 6) is 0.508. The highest BCUT2D eigenvalue weighted by atomic mass is 19.1. The first-order chi connectivity index (χ1) is 13.9. The molecule has 152 valence electrons. The Bertz CT molecular complexity index is 1030. The maximum atomic E-state index is 13.5. The molecule has 2 aromatic heterocycles. The molecule has 4 rings (SSSR count). The Morgan fingerprint density at radius 3 is 2.86 bits per heavy atom. The summed E-state index contributed by atoms with van der Waals surface area (Å²) in [6, 6.07) is 6.07. The zero-order chi connectivity index (χ0) is 20.5. The Morgan fingerprint density at radius 2 is 2.14 bits per heavy atom. The van der Waals surface area contributed by atoms with E-state index in [1.165, 1.54) is 16.8 Å². The molecular formula is C20H22FN5O3. The Kier molecular flexibility index (Phi) is 5.14. The van der Waals surface area contributed by atoms with Crippen LogP contribution in [0, 0.1) is 12.7 Å². The van der Waals surface area contributed by atoms with Crippen LogP contribution < -0.4 is 0 Å². The average Bonchev–Trinajstić information content (AvgIpc) is 3.35. The molecular weight excluding hydrogens is 377 g/mol. The normalized spacial score (nSPS) is 17.1. The molecule has 0 spiro atoms. The minimum absolute atomic E-state index is 0.119. The van der Waals surface area contributed by atoms with Gasteiger partial charge in [-0.15, -0.1) is 10.2 Å². The maximum absolute atomic E-state index is 13.5. The molecule has 0 aliphatic carbocycles. The Hall–Kier alpha value is -3.07. The van der Waals surface area contributed by atoms with E-state index in [2.05, 4.69) is 15.3 Å². The van der Waals surface area contributed by atoms with Crippen molar-refractivity contribution in [3.05, 3.63) is 59.3 Å². The van der Waals surface area contributed by atoms with Crippen LogP contribution in [0.15, 0.2) is 34.9 Å². The number of benzene rings is 1. The molecule has 1 aliphatic rings. The van der Waals surface area contributed by atoms with Crippen molar-refractivity contribution in [1.82, 2.24) is 24.9 Å². The Balaban J connectivity index is 1.53. The van der Waals surface area contributed by atoms with Gasteiger partial charge in [0.15, 0.2) is 6.10 Å². The number of carbonyl (C=O) groups excluding carboxylic acids is 1. The summed E-state index contributed by atoms with van der Waals surface area (Å²) in [6.45, 7) is 6.82. The van der Waals surface area contributed by atoms with Crippen LogP contribution in [0.4, 0.5) is 4.39 Å². The summed E-state index contributed by atoms with van der Waals surface area (Å²) in [5, 5.41) is 12.5. The molecule has 1 unspecified atom stereocenters. The number of nitrogens with zero attached hydrogens (tertiary/aromatic N) is 5. The largest absolute Gasteiger partial charge is 0.422 e. The fourth-order valence-electron chi connectivity index (χ4n) is 3.18. The van der Waals surface area contributed by atoms with Crippen LogP contribution >= 0.6 is 0 Å². The molecule has 0 bridgehead atoms. The van der Waals surface area contributed by atoms with E-state index in [1.807, 2.05) is 13.8 Å². The zero-order valence-corrected chi connectivity index (χ0v) is 16.5. The average molecular weight is 399 g/mol. The van der Waals surface area contributed by atoms with Gasteiger partial charge in [0.05, 0.1) is 30.1 Å². The van der Waals surface area contributed by atoms with Crippen LogP contribution in [0.1, 0.15) is 53.7 Å². The van der Waals surface area contributed by atoms with Gasteiger partial charge >= 0.3 is 0 Å². The summed E-state index contributed by atoms with van der Waals surface area (Å²) in [7, 11) is 0. The highest BCUT2D eigenvalue weighted by Gasteiger charge is 2.31. The fourth-order valence-corrected chi connectivity index (χ4v) is 3.18. The lowest BCUT2D eigenvalue weighted by molar-refractivity contribution is -0.0351. The third kappa shape index (κ3) is 3.91. The molecule has 0 N–H and O–H groups in total. The smallest absolute Gasteiger partial charge is 0.257 e. The van der Waals surface area contributed by atoms with Gasteiger partial charge in [0.1, 0.15) is 5.82 Å². The molecule has 1 fully saturated rings. The van der Waals surface area contributed by atoms with Crippen molar-refractivity contribution < 1.29 is 18.3 Å². The fraction of sp³-hybridized carbons (Fsp3) is 0.400. The number of morpholine rings is 1. The van der Waals surface area contributed by atoms with Gasteiger partial charge in [0.25, 0.3) is 5.91 Å². The topological polar surface area (TPSA) is 86.3 Å². The molecule has 1 amide bonds. The quantitative estimate of drug-likeness (QED) is 0.670. The number of aromatic nitrogens is 4. The highest BCUT2D eigenvalue weighted by Crippen LogP contribution is 2.25. The Labute approximate surface area is 167 Å². The lowest BCUT2D eigenvalue weighted by Gasteiger charge is -2.31. The molecule has 3 aromatic rings. The summed E-state index contributed by atoms with van der Waals surface area (Å²) < 4.78 is 26.4. The van der Waals surface area contributed by atoms with Crippen LogP contribution in [-0.4, -0.2) is 50.5 Å². The van der Waals surface area contributed by atoms with Crippen molar-refractivity contribution in [2.24, 2.45) is 0 Å². The number of amides is 1. The van der Waals surface area contributed by atoms with Gasteiger partial charge in [-0.05, 0) is 25.1 Å². The van der Waals surface area contributed by atoms with Crippen molar-refractivity contribution in [2.45, 2.75) is 32.8 Å². The molecule has 1 aromatic carbocycles. The third-order valence-corrected chi connectivity index (χ3v) is 4.78. The first-order valence-corrected chi connectivity index (χ1v) is 9.48. The van der Waals surface area contributed by atoms with E-state index in [9.17, 15) is 9.18 Å². The number of carbonyl (C=O) groups is 1. The van der Waals surface area contributed by atoms with Crippen LogP contribution in [0.3, 0.4) is 0 Å². The predicted octanol–water partition coefficient (Wildman–Crippen LogP) is 3.04. The molecule has 0 saturated carbocycles. The number of hydrogen-bond acceptors (Lipinski definition) is 6. The lowest BCUT2D eigenvalue weighted by atomic mass is 10.2. The summed E-state index contributed by atoms with van der Waals surface area (Å²) >= 11 is 0. The van der Waals surface area contributed by atoms with E-state index >= 15 is 0 Å². The van der Waals surface area contributed by atoms with Crippen molar-refractivity contribution in [2.75, 3.05) is 19.7 Å². The number of aryl methyl sites for hydroxylation is 1. The molecule has 29 heavy (non-hydrogen) atoms. The van der Waals surface area contributed by atoms with Gasteiger partial charge in [0.2, 0.25) is 11.8 Å². The number of ether oxygens (including phenoxy) is 1.